The van der Waals surface area contributed by atoms with Crippen molar-refractivity contribution in [3.8, 4) is 0 Å². The van der Waals surface area contributed by atoms with E-state index in [0.29, 0.717) is 17.9 Å². The molecular formula is C11H25N3. The topological polar surface area (TPSA) is 50.4 Å². The van der Waals surface area contributed by atoms with E-state index in [2.05, 4.69) is 51.9 Å². The van der Waals surface area contributed by atoms with Gasteiger partial charge in [-0.05, 0) is 40.0 Å². The molecule has 0 aromatic heterocycles. The normalized spacial score (nSPS) is 15.8. The Morgan fingerprint density at radius 1 is 1.29 bits per heavy atom. The number of aliphatic imine (C=N–C) groups is 1. The van der Waals surface area contributed by atoms with Crippen molar-refractivity contribution in [2.75, 3.05) is 0 Å². The lowest BCUT2D eigenvalue weighted by Crippen LogP contribution is -2.45. The molecule has 0 aliphatic rings. The molecule has 0 amide bonds. The molecule has 0 bridgehead atoms. The van der Waals surface area contributed by atoms with Crippen LogP contribution in [0.25, 0.3) is 0 Å². The van der Waals surface area contributed by atoms with Crippen molar-refractivity contribution in [3.05, 3.63) is 0 Å². The summed E-state index contributed by atoms with van der Waals surface area (Å²) in [6.45, 7) is 12.7. The molecule has 0 radical (unpaired) electrons. The minimum absolute atomic E-state index is 0.00880. The van der Waals surface area contributed by atoms with Crippen molar-refractivity contribution < 1.29 is 0 Å². The smallest absolute Gasteiger partial charge is 0.189 e. The van der Waals surface area contributed by atoms with Gasteiger partial charge in [0.05, 0.1) is 6.04 Å². The molecule has 0 aliphatic carbocycles. The van der Waals surface area contributed by atoms with Crippen LogP contribution in [0.1, 0.15) is 48.0 Å². The van der Waals surface area contributed by atoms with E-state index >= 15 is 0 Å². The second-order valence-corrected chi connectivity index (χ2v) is 5.37. The first-order valence-corrected chi connectivity index (χ1v) is 5.32. The van der Waals surface area contributed by atoms with Crippen molar-refractivity contribution in [3.63, 3.8) is 0 Å². The fourth-order valence-corrected chi connectivity index (χ4v) is 1.39. The average Bonchev–Trinajstić information content (AvgIpc) is 1.77. The molecule has 1 atom stereocenters. The number of rotatable bonds is 3. The predicted molar refractivity (Wildman–Crippen MR) is 63.4 cm³/mol. The lowest BCUT2D eigenvalue weighted by atomic mass is 10.1. The number of hydrogen-bond donors (Lipinski definition) is 2. The third-order valence-electron chi connectivity index (χ3n) is 1.68. The van der Waals surface area contributed by atoms with E-state index in [9.17, 15) is 0 Å². The Morgan fingerprint density at radius 2 is 1.79 bits per heavy atom. The van der Waals surface area contributed by atoms with Gasteiger partial charge in [-0.15, -0.1) is 0 Å². The summed E-state index contributed by atoms with van der Waals surface area (Å²) in [6.07, 6.45) is 1.08. The fourth-order valence-electron chi connectivity index (χ4n) is 1.39. The molecule has 0 rings (SSSR count). The molecule has 0 saturated carbocycles. The SMILES string of the molecule is CC(C)CC(C)N=C(N)NC(C)(C)C. The van der Waals surface area contributed by atoms with E-state index in [0.717, 1.165) is 6.42 Å². The molecule has 0 aliphatic heterocycles. The van der Waals surface area contributed by atoms with Gasteiger partial charge in [0.2, 0.25) is 0 Å². The van der Waals surface area contributed by atoms with Gasteiger partial charge in [-0.2, -0.15) is 0 Å². The van der Waals surface area contributed by atoms with Gasteiger partial charge in [-0.3, -0.25) is 4.99 Å². The van der Waals surface area contributed by atoms with Gasteiger partial charge in [0.25, 0.3) is 0 Å². The maximum Gasteiger partial charge on any atom is 0.189 e. The minimum Gasteiger partial charge on any atom is -0.370 e. The Bertz CT molecular complexity index is 189. The van der Waals surface area contributed by atoms with E-state index in [-0.39, 0.29) is 5.54 Å². The summed E-state index contributed by atoms with van der Waals surface area (Å²) in [5.74, 6) is 1.21. The zero-order valence-electron chi connectivity index (χ0n) is 10.4. The highest BCUT2D eigenvalue weighted by Gasteiger charge is 2.11. The second-order valence-electron chi connectivity index (χ2n) is 5.37. The Morgan fingerprint density at radius 3 is 2.14 bits per heavy atom. The van der Waals surface area contributed by atoms with Crippen molar-refractivity contribution in [1.29, 1.82) is 0 Å². The van der Waals surface area contributed by atoms with Crippen LogP contribution < -0.4 is 11.1 Å². The standard InChI is InChI=1S/C11H25N3/c1-8(2)7-9(3)13-10(12)14-11(4,5)6/h8-9H,7H2,1-6H3,(H3,12,13,14). The summed E-state index contributed by atoms with van der Waals surface area (Å²) < 4.78 is 0. The molecular weight excluding hydrogens is 174 g/mol. The van der Waals surface area contributed by atoms with Gasteiger partial charge in [-0.25, -0.2) is 0 Å². The predicted octanol–water partition coefficient (Wildman–Crippen LogP) is 2.12. The minimum atomic E-state index is -0.00880. The van der Waals surface area contributed by atoms with Crippen LogP contribution in [0.15, 0.2) is 4.99 Å². The number of nitrogens with two attached hydrogens (primary N) is 1. The molecule has 3 N–H and O–H groups in total. The van der Waals surface area contributed by atoms with Crippen LogP contribution in [0.2, 0.25) is 0 Å². The van der Waals surface area contributed by atoms with E-state index in [1.54, 1.807) is 0 Å². The highest BCUT2D eigenvalue weighted by Crippen LogP contribution is 2.07. The molecule has 3 heteroatoms. The van der Waals surface area contributed by atoms with Crippen LogP contribution in [0, 0.1) is 5.92 Å². The van der Waals surface area contributed by atoms with Gasteiger partial charge in [0.1, 0.15) is 0 Å². The first-order chi connectivity index (χ1) is 6.20. The monoisotopic (exact) mass is 199 g/mol. The Hall–Kier alpha value is -0.730. The van der Waals surface area contributed by atoms with Gasteiger partial charge < -0.3 is 11.1 Å². The van der Waals surface area contributed by atoms with Crippen LogP contribution in [0.3, 0.4) is 0 Å². The number of nitrogens with zero attached hydrogens (tertiary/aromatic N) is 1. The molecule has 1 unspecified atom stereocenters. The quantitative estimate of drug-likeness (QED) is 0.540. The van der Waals surface area contributed by atoms with Crippen LogP contribution in [-0.4, -0.2) is 17.5 Å². The summed E-state index contributed by atoms with van der Waals surface area (Å²) in [4.78, 5) is 4.39. The first kappa shape index (κ1) is 13.3. The summed E-state index contributed by atoms with van der Waals surface area (Å²) in [5, 5.41) is 3.15. The van der Waals surface area contributed by atoms with Gasteiger partial charge in [0, 0.05) is 5.54 Å². The molecule has 0 saturated heterocycles. The Balaban J connectivity index is 4.09. The average molecular weight is 199 g/mol. The van der Waals surface area contributed by atoms with Crippen LogP contribution >= 0.6 is 0 Å². The lowest BCUT2D eigenvalue weighted by Gasteiger charge is -2.22. The summed E-state index contributed by atoms with van der Waals surface area (Å²) >= 11 is 0. The van der Waals surface area contributed by atoms with Crippen LogP contribution in [-0.2, 0) is 0 Å². The highest BCUT2D eigenvalue weighted by atomic mass is 15.1. The fraction of sp³-hybridized carbons (Fsp3) is 0.909. The molecule has 0 fully saturated rings. The van der Waals surface area contributed by atoms with E-state index in [4.69, 9.17) is 5.73 Å². The maximum atomic E-state index is 5.78. The Kier molecular flexibility index (Phi) is 4.95. The molecule has 0 aromatic rings. The number of guanidine groups is 1. The third-order valence-corrected chi connectivity index (χ3v) is 1.68. The number of hydrogen-bond acceptors (Lipinski definition) is 1. The van der Waals surface area contributed by atoms with Crippen LogP contribution in [0.4, 0.5) is 0 Å². The van der Waals surface area contributed by atoms with E-state index in [1.807, 2.05) is 0 Å². The number of nitrogens with one attached hydrogen (secondary N) is 1. The third kappa shape index (κ3) is 7.90. The van der Waals surface area contributed by atoms with Gasteiger partial charge in [-0.1, -0.05) is 13.8 Å². The van der Waals surface area contributed by atoms with Crippen molar-refractivity contribution in [2.24, 2.45) is 16.6 Å². The molecule has 84 valence electrons. The largest absolute Gasteiger partial charge is 0.370 e. The highest BCUT2D eigenvalue weighted by molar-refractivity contribution is 5.78. The molecule has 0 spiro atoms. The summed E-state index contributed by atoms with van der Waals surface area (Å²) in [6, 6.07) is 0.296. The molecule has 3 nitrogen and oxygen atoms in total. The zero-order chi connectivity index (χ0) is 11.4. The lowest BCUT2D eigenvalue weighted by molar-refractivity contribution is 0.494. The molecule has 0 aromatic carbocycles. The second kappa shape index (κ2) is 5.23. The van der Waals surface area contributed by atoms with Crippen molar-refractivity contribution >= 4 is 5.96 Å². The first-order valence-electron chi connectivity index (χ1n) is 5.32. The van der Waals surface area contributed by atoms with Gasteiger partial charge >= 0.3 is 0 Å². The maximum absolute atomic E-state index is 5.78. The Labute approximate surface area is 88.2 Å². The van der Waals surface area contributed by atoms with Crippen molar-refractivity contribution in [2.45, 2.75) is 59.5 Å². The van der Waals surface area contributed by atoms with Crippen LogP contribution in [0.5, 0.6) is 0 Å². The van der Waals surface area contributed by atoms with Crippen molar-refractivity contribution in [1.82, 2.24) is 5.32 Å². The van der Waals surface area contributed by atoms with E-state index in [1.165, 1.54) is 0 Å². The molecule has 0 heterocycles. The zero-order valence-corrected chi connectivity index (χ0v) is 10.4. The summed E-state index contributed by atoms with van der Waals surface area (Å²) in [7, 11) is 0. The van der Waals surface area contributed by atoms with Gasteiger partial charge in [0.15, 0.2) is 5.96 Å². The van der Waals surface area contributed by atoms with E-state index < -0.39 is 0 Å². The summed E-state index contributed by atoms with van der Waals surface area (Å²) in [5.41, 5.74) is 5.77. The molecule has 14 heavy (non-hydrogen) atoms.